The number of methoxy groups -OCH3 is 4. The highest BCUT2D eigenvalue weighted by Crippen LogP contribution is 2.55. The van der Waals surface area contributed by atoms with E-state index in [1.807, 2.05) is 24.3 Å². The van der Waals surface area contributed by atoms with E-state index in [0.717, 1.165) is 15.4 Å². The molecule has 0 bridgehead atoms. The molecular formula is C34H31ClN2O9S. The number of anilines is 1. The number of nitrogens with zero attached hydrogens (tertiary/aromatic N) is 2. The van der Waals surface area contributed by atoms with Gasteiger partial charge < -0.3 is 23.7 Å². The molecule has 0 fully saturated rings. The first kappa shape index (κ1) is 32.2. The summed E-state index contributed by atoms with van der Waals surface area (Å²) in [5, 5.41) is 0.250. The standard InChI is InChI=1S/C34H31ClN2O9S/c1-42-24-14-16-30(29(19-24)44-3)47(40,41)37-27-15-13-23(35)18-26(27)34(32(37)38,25-11-7-8-12-28(25)43-2)36-20-22-10-6-5-9-21(22)17-31(36)46-33(39)45-4/h5-16,18-19,31H,17,20H2,1-4H3/t31-,34?/m0/s1. The maximum atomic E-state index is 15.5. The second-order valence-electron chi connectivity index (χ2n) is 10.8. The van der Waals surface area contributed by atoms with Gasteiger partial charge in [-0.3, -0.25) is 4.79 Å². The topological polar surface area (TPSA) is 121 Å². The number of hydrogen-bond donors (Lipinski definition) is 0. The van der Waals surface area contributed by atoms with E-state index in [4.69, 9.17) is 35.3 Å². The number of halogens is 1. The number of sulfonamides is 1. The summed E-state index contributed by atoms with van der Waals surface area (Å²) in [7, 11) is 0.744. The van der Waals surface area contributed by atoms with Gasteiger partial charge in [-0.2, -0.15) is 0 Å². The van der Waals surface area contributed by atoms with Crippen LogP contribution in [0.25, 0.3) is 0 Å². The fraction of sp³-hybridized carbons (Fsp3) is 0.235. The number of ether oxygens (including phenoxy) is 5. The average molecular weight is 679 g/mol. The minimum Gasteiger partial charge on any atom is -0.497 e. The normalized spacial score (nSPS) is 19.0. The van der Waals surface area contributed by atoms with Crippen molar-refractivity contribution in [3.05, 3.63) is 112 Å². The molecule has 1 amide bonds. The van der Waals surface area contributed by atoms with Gasteiger partial charge in [0.25, 0.3) is 15.9 Å². The first-order valence-electron chi connectivity index (χ1n) is 14.4. The number of amides is 1. The molecule has 0 saturated heterocycles. The average Bonchev–Trinajstić information content (AvgIpc) is 3.35. The van der Waals surface area contributed by atoms with Gasteiger partial charge in [0.2, 0.25) is 0 Å². The van der Waals surface area contributed by atoms with E-state index in [0.29, 0.717) is 17.1 Å². The Morgan fingerprint density at radius 1 is 0.830 bits per heavy atom. The van der Waals surface area contributed by atoms with E-state index in [2.05, 4.69) is 0 Å². The number of hydrogen-bond acceptors (Lipinski definition) is 10. The molecule has 2 aliphatic rings. The van der Waals surface area contributed by atoms with Crippen LogP contribution in [0.2, 0.25) is 5.02 Å². The molecule has 0 aliphatic carbocycles. The fourth-order valence-corrected chi connectivity index (χ4v) is 8.18. The smallest absolute Gasteiger partial charge is 0.497 e. The molecule has 0 radical (unpaired) electrons. The molecule has 244 valence electrons. The lowest BCUT2D eigenvalue weighted by Gasteiger charge is -2.46. The van der Waals surface area contributed by atoms with Gasteiger partial charge in [-0.15, -0.1) is 0 Å². The number of rotatable bonds is 8. The minimum atomic E-state index is -4.66. The summed E-state index contributed by atoms with van der Waals surface area (Å²) in [5.41, 5.74) is 0.407. The van der Waals surface area contributed by atoms with Crippen molar-refractivity contribution in [2.45, 2.75) is 29.6 Å². The van der Waals surface area contributed by atoms with E-state index in [1.165, 1.54) is 58.8 Å². The Hall–Kier alpha value is -4.78. The third kappa shape index (κ3) is 5.13. The van der Waals surface area contributed by atoms with E-state index in [9.17, 15) is 13.2 Å². The quantitative estimate of drug-likeness (QED) is 0.221. The molecule has 11 nitrogen and oxygen atoms in total. The van der Waals surface area contributed by atoms with Crippen LogP contribution in [0.5, 0.6) is 17.2 Å². The largest absolute Gasteiger partial charge is 0.509 e. The van der Waals surface area contributed by atoms with Crippen LogP contribution >= 0.6 is 11.6 Å². The first-order valence-corrected chi connectivity index (χ1v) is 16.3. The summed E-state index contributed by atoms with van der Waals surface area (Å²) in [6, 6.07) is 23.1. The second kappa shape index (κ2) is 12.4. The van der Waals surface area contributed by atoms with Crippen molar-refractivity contribution in [3.63, 3.8) is 0 Å². The number of para-hydroxylation sites is 1. The van der Waals surface area contributed by atoms with Gasteiger partial charge >= 0.3 is 6.16 Å². The third-order valence-electron chi connectivity index (χ3n) is 8.48. The molecule has 0 saturated carbocycles. The highest BCUT2D eigenvalue weighted by molar-refractivity contribution is 7.93. The first-order chi connectivity index (χ1) is 22.6. The monoisotopic (exact) mass is 678 g/mol. The van der Waals surface area contributed by atoms with Crippen LogP contribution in [-0.4, -0.2) is 60.0 Å². The molecular weight excluding hydrogens is 648 g/mol. The van der Waals surface area contributed by atoms with Crippen LogP contribution in [0.4, 0.5) is 10.5 Å². The Kier molecular flexibility index (Phi) is 8.51. The van der Waals surface area contributed by atoms with Crippen molar-refractivity contribution in [3.8, 4) is 17.2 Å². The summed E-state index contributed by atoms with van der Waals surface area (Å²) >= 11 is 6.61. The van der Waals surface area contributed by atoms with Gasteiger partial charge in [-0.1, -0.05) is 54.1 Å². The zero-order chi connectivity index (χ0) is 33.5. The highest BCUT2D eigenvalue weighted by Gasteiger charge is 2.63. The molecule has 2 atom stereocenters. The van der Waals surface area contributed by atoms with Crippen molar-refractivity contribution >= 4 is 39.4 Å². The molecule has 2 aliphatic heterocycles. The number of fused-ring (bicyclic) bond motifs is 2. The number of benzene rings is 4. The summed E-state index contributed by atoms with van der Waals surface area (Å²) in [5.74, 6) is -0.237. The van der Waals surface area contributed by atoms with E-state index < -0.39 is 33.9 Å². The maximum absolute atomic E-state index is 15.5. The predicted octanol–water partition coefficient (Wildman–Crippen LogP) is 5.51. The van der Waals surface area contributed by atoms with Crippen LogP contribution in [0.15, 0.2) is 89.8 Å². The van der Waals surface area contributed by atoms with E-state index in [-0.39, 0.29) is 39.9 Å². The van der Waals surface area contributed by atoms with Crippen LogP contribution in [-0.2, 0) is 42.8 Å². The van der Waals surface area contributed by atoms with Crippen molar-refractivity contribution in [1.29, 1.82) is 0 Å². The Labute approximate surface area is 277 Å². The van der Waals surface area contributed by atoms with Gasteiger partial charge in [0.15, 0.2) is 11.8 Å². The summed E-state index contributed by atoms with van der Waals surface area (Å²) < 4.78 is 57.5. The van der Waals surface area contributed by atoms with Crippen molar-refractivity contribution < 1.29 is 41.7 Å². The molecule has 2 heterocycles. The lowest BCUT2D eigenvalue weighted by atomic mass is 9.79. The highest BCUT2D eigenvalue weighted by atomic mass is 35.5. The van der Waals surface area contributed by atoms with Crippen molar-refractivity contribution in [2.24, 2.45) is 0 Å². The molecule has 6 rings (SSSR count). The summed E-state index contributed by atoms with van der Waals surface area (Å²) in [4.78, 5) is 29.6. The molecule has 4 aromatic carbocycles. The zero-order valence-corrected chi connectivity index (χ0v) is 27.5. The molecule has 4 aromatic rings. The van der Waals surface area contributed by atoms with Gasteiger partial charge in [0.05, 0.1) is 34.1 Å². The number of carbonyl (C=O) groups is 2. The molecule has 0 N–H and O–H groups in total. The fourth-order valence-electron chi connectivity index (χ4n) is 6.40. The zero-order valence-electron chi connectivity index (χ0n) is 25.9. The predicted molar refractivity (Wildman–Crippen MR) is 172 cm³/mol. The number of carbonyl (C=O) groups excluding carboxylic acids is 2. The molecule has 0 aromatic heterocycles. The molecule has 1 unspecified atom stereocenters. The van der Waals surface area contributed by atoms with Crippen molar-refractivity contribution in [2.75, 3.05) is 32.7 Å². The lowest BCUT2D eigenvalue weighted by Crippen LogP contribution is -2.60. The van der Waals surface area contributed by atoms with Gasteiger partial charge in [-0.25, -0.2) is 22.4 Å². The Balaban J connectivity index is 1.68. The maximum Gasteiger partial charge on any atom is 0.509 e. The summed E-state index contributed by atoms with van der Waals surface area (Å²) in [6.45, 7) is 0.0767. The Bertz CT molecular complexity index is 1990. The van der Waals surface area contributed by atoms with Crippen molar-refractivity contribution in [1.82, 2.24) is 4.90 Å². The summed E-state index contributed by atoms with van der Waals surface area (Å²) in [6.07, 6.45) is -1.89. The van der Waals surface area contributed by atoms with Gasteiger partial charge in [0.1, 0.15) is 22.1 Å². The van der Waals surface area contributed by atoms with Crippen LogP contribution in [0.1, 0.15) is 22.3 Å². The minimum absolute atomic E-state index is 0.0266. The van der Waals surface area contributed by atoms with Gasteiger partial charge in [0, 0.05) is 35.2 Å². The molecule has 47 heavy (non-hydrogen) atoms. The Morgan fingerprint density at radius 2 is 1.53 bits per heavy atom. The van der Waals surface area contributed by atoms with Crippen LogP contribution in [0.3, 0.4) is 0 Å². The molecule has 0 spiro atoms. The van der Waals surface area contributed by atoms with E-state index in [1.54, 1.807) is 35.2 Å². The third-order valence-corrected chi connectivity index (χ3v) is 10.4. The van der Waals surface area contributed by atoms with Gasteiger partial charge in [-0.05, 0) is 47.5 Å². The van der Waals surface area contributed by atoms with Crippen LogP contribution < -0.4 is 18.5 Å². The molecule has 13 heteroatoms. The van der Waals surface area contributed by atoms with E-state index >= 15 is 4.79 Å². The lowest BCUT2D eigenvalue weighted by molar-refractivity contribution is -0.140. The Morgan fingerprint density at radius 3 is 2.23 bits per heavy atom. The second-order valence-corrected chi connectivity index (χ2v) is 13.0. The van der Waals surface area contributed by atoms with Crippen LogP contribution in [0, 0.1) is 0 Å². The SMILES string of the molecule is COC(=O)O[C@H]1Cc2ccccc2CN1C1(c2ccccc2OC)C(=O)N(S(=O)(=O)c2ccc(OC)cc2OC)c2ccc(Cl)cc21.